The predicted molar refractivity (Wildman–Crippen MR) is 69.6 cm³/mol. The van der Waals surface area contributed by atoms with Gasteiger partial charge in [0.05, 0.1) is 5.92 Å². The Labute approximate surface area is 108 Å². The molecule has 0 bridgehead atoms. The van der Waals surface area contributed by atoms with Crippen molar-refractivity contribution < 1.29 is 14.6 Å². The minimum atomic E-state index is -0.677. The van der Waals surface area contributed by atoms with Gasteiger partial charge in [-0.1, -0.05) is 29.8 Å². The minimum Gasteiger partial charge on any atom is -0.481 e. The van der Waals surface area contributed by atoms with Crippen molar-refractivity contribution in [2.45, 2.75) is 26.2 Å². The van der Waals surface area contributed by atoms with E-state index in [2.05, 4.69) is 6.07 Å². The molecule has 0 radical (unpaired) electrons. The van der Waals surface area contributed by atoms with Gasteiger partial charge in [-0.2, -0.15) is 0 Å². The third-order valence-electron chi connectivity index (χ3n) is 3.69. The SMILES string of the molecule is Cc1cccc(CC(C(=O)O)C2CCOCC2)c1. The summed E-state index contributed by atoms with van der Waals surface area (Å²) in [5, 5.41) is 9.42. The first kappa shape index (κ1) is 13.1. The molecule has 1 aliphatic rings. The van der Waals surface area contributed by atoms with Gasteiger partial charge < -0.3 is 9.84 Å². The second-order valence-electron chi connectivity index (χ2n) is 5.09. The van der Waals surface area contributed by atoms with Crippen molar-refractivity contribution in [3.63, 3.8) is 0 Å². The van der Waals surface area contributed by atoms with Gasteiger partial charge in [0.2, 0.25) is 0 Å². The Balaban J connectivity index is 2.08. The van der Waals surface area contributed by atoms with Gasteiger partial charge in [0.1, 0.15) is 0 Å². The Morgan fingerprint density at radius 1 is 1.44 bits per heavy atom. The molecule has 3 heteroatoms. The highest BCUT2D eigenvalue weighted by molar-refractivity contribution is 5.70. The molecule has 0 amide bonds. The van der Waals surface area contributed by atoms with Gasteiger partial charge in [0.15, 0.2) is 0 Å². The highest BCUT2D eigenvalue weighted by Crippen LogP contribution is 2.27. The first-order valence-corrected chi connectivity index (χ1v) is 6.53. The number of hydrogen-bond acceptors (Lipinski definition) is 2. The van der Waals surface area contributed by atoms with E-state index in [1.165, 1.54) is 5.56 Å². The molecular formula is C15H20O3. The Bertz CT molecular complexity index is 408. The van der Waals surface area contributed by atoms with E-state index in [9.17, 15) is 9.90 Å². The number of benzene rings is 1. The van der Waals surface area contributed by atoms with Crippen LogP contribution in [0.15, 0.2) is 24.3 Å². The van der Waals surface area contributed by atoms with E-state index in [1.54, 1.807) is 0 Å². The standard InChI is InChI=1S/C15H20O3/c1-11-3-2-4-12(9-11)10-14(15(16)17)13-5-7-18-8-6-13/h2-4,9,13-14H,5-8,10H2,1H3,(H,16,17). The van der Waals surface area contributed by atoms with Gasteiger partial charge >= 0.3 is 5.97 Å². The zero-order valence-corrected chi connectivity index (χ0v) is 10.8. The second kappa shape index (κ2) is 6.01. The second-order valence-corrected chi connectivity index (χ2v) is 5.09. The van der Waals surface area contributed by atoms with Crippen LogP contribution in [-0.2, 0) is 16.0 Å². The van der Waals surface area contributed by atoms with E-state index in [4.69, 9.17) is 4.74 Å². The fourth-order valence-corrected chi connectivity index (χ4v) is 2.67. The topological polar surface area (TPSA) is 46.5 Å². The molecule has 0 saturated carbocycles. The maximum atomic E-state index is 11.4. The van der Waals surface area contributed by atoms with Crippen molar-refractivity contribution in [2.75, 3.05) is 13.2 Å². The maximum Gasteiger partial charge on any atom is 0.307 e. The number of ether oxygens (including phenoxy) is 1. The van der Waals surface area contributed by atoms with Crippen LogP contribution in [0.3, 0.4) is 0 Å². The lowest BCUT2D eigenvalue weighted by Crippen LogP contribution is -2.30. The molecule has 0 aromatic heterocycles. The van der Waals surface area contributed by atoms with Crippen molar-refractivity contribution in [2.24, 2.45) is 11.8 Å². The highest BCUT2D eigenvalue weighted by atomic mass is 16.5. The smallest absolute Gasteiger partial charge is 0.307 e. The van der Waals surface area contributed by atoms with Gasteiger partial charge in [-0.15, -0.1) is 0 Å². The van der Waals surface area contributed by atoms with Gasteiger partial charge in [0, 0.05) is 13.2 Å². The molecule has 98 valence electrons. The molecule has 1 atom stereocenters. The number of aryl methyl sites for hydroxylation is 1. The van der Waals surface area contributed by atoms with Crippen LogP contribution in [0.5, 0.6) is 0 Å². The third-order valence-corrected chi connectivity index (χ3v) is 3.69. The zero-order valence-electron chi connectivity index (χ0n) is 10.8. The maximum absolute atomic E-state index is 11.4. The average molecular weight is 248 g/mol. The predicted octanol–water partition coefficient (Wildman–Crippen LogP) is 2.66. The molecule has 3 nitrogen and oxygen atoms in total. The summed E-state index contributed by atoms with van der Waals surface area (Å²) < 4.78 is 5.31. The Hall–Kier alpha value is -1.35. The number of carboxylic acid groups (broad SMARTS) is 1. The molecule has 0 aliphatic carbocycles. The summed E-state index contributed by atoms with van der Waals surface area (Å²) in [5.74, 6) is -0.712. The molecule has 1 aliphatic heterocycles. The Kier molecular flexibility index (Phi) is 4.37. The summed E-state index contributed by atoms with van der Waals surface area (Å²) in [4.78, 5) is 11.4. The van der Waals surface area contributed by atoms with Gasteiger partial charge in [0.25, 0.3) is 0 Å². The van der Waals surface area contributed by atoms with Gasteiger partial charge in [-0.3, -0.25) is 4.79 Å². The van der Waals surface area contributed by atoms with E-state index in [0.717, 1.165) is 18.4 Å². The lowest BCUT2D eigenvalue weighted by Gasteiger charge is -2.27. The average Bonchev–Trinajstić information content (AvgIpc) is 2.37. The molecule has 1 unspecified atom stereocenters. The number of rotatable bonds is 4. The van der Waals surface area contributed by atoms with Crippen LogP contribution < -0.4 is 0 Å². The molecule has 18 heavy (non-hydrogen) atoms. The monoisotopic (exact) mass is 248 g/mol. The molecule has 1 heterocycles. The fourth-order valence-electron chi connectivity index (χ4n) is 2.67. The van der Waals surface area contributed by atoms with Crippen molar-refractivity contribution in [1.29, 1.82) is 0 Å². The van der Waals surface area contributed by atoms with E-state index < -0.39 is 5.97 Å². The summed E-state index contributed by atoms with van der Waals surface area (Å²) in [6.45, 7) is 3.43. The quantitative estimate of drug-likeness (QED) is 0.891. The molecule has 1 fully saturated rings. The van der Waals surface area contributed by atoms with Crippen LogP contribution in [0.25, 0.3) is 0 Å². The van der Waals surface area contributed by atoms with Crippen LogP contribution in [0, 0.1) is 18.8 Å². The number of aliphatic carboxylic acids is 1. The number of carbonyl (C=O) groups is 1. The van der Waals surface area contributed by atoms with Crippen molar-refractivity contribution in [3.8, 4) is 0 Å². The van der Waals surface area contributed by atoms with Crippen molar-refractivity contribution in [1.82, 2.24) is 0 Å². The minimum absolute atomic E-state index is 0.247. The van der Waals surface area contributed by atoms with Crippen LogP contribution in [0.1, 0.15) is 24.0 Å². The molecule has 1 saturated heterocycles. The van der Waals surface area contributed by atoms with Gasteiger partial charge in [-0.05, 0) is 37.7 Å². The van der Waals surface area contributed by atoms with Crippen LogP contribution in [0.4, 0.5) is 0 Å². The molecular weight excluding hydrogens is 228 g/mol. The van der Waals surface area contributed by atoms with Crippen LogP contribution >= 0.6 is 0 Å². The summed E-state index contributed by atoms with van der Waals surface area (Å²) >= 11 is 0. The van der Waals surface area contributed by atoms with E-state index in [-0.39, 0.29) is 11.8 Å². The lowest BCUT2D eigenvalue weighted by atomic mass is 9.82. The van der Waals surface area contributed by atoms with Crippen molar-refractivity contribution in [3.05, 3.63) is 35.4 Å². The zero-order chi connectivity index (χ0) is 13.0. The van der Waals surface area contributed by atoms with Crippen LogP contribution in [-0.4, -0.2) is 24.3 Å². The first-order valence-electron chi connectivity index (χ1n) is 6.53. The fraction of sp³-hybridized carbons (Fsp3) is 0.533. The first-order chi connectivity index (χ1) is 8.66. The summed E-state index contributed by atoms with van der Waals surface area (Å²) in [6.07, 6.45) is 2.35. The Morgan fingerprint density at radius 3 is 2.78 bits per heavy atom. The Morgan fingerprint density at radius 2 is 2.17 bits per heavy atom. The largest absolute Gasteiger partial charge is 0.481 e. The highest BCUT2D eigenvalue weighted by Gasteiger charge is 2.29. The molecule has 2 rings (SSSR count). The lowest BCUT2D eigenvalue weighted by molar-refractivity contribution is -0.145. The summed E-state index contributed by atoms with van der Waals surface area (Å²) in [5.41, 5.74) is 2.30. The van der Waals surface area contributed by atoms with Gasteiger partial charge in [-0.25, -0.2) is 0 Å². The molecule has 1 aromatic carbocycles. The molecule has 0 spiro atoms. The van der Waals surface area contributed by atoms with Crippen LogP contribution in [0.2, 0.25) is 0 Å². The van der Waals surface area contributed by atoms with Crippen molar-refractivity contribution >= 4 is 5.97 Å². The number of hydrogen-bond donors (Lipinski definition) is 1. The van der Waals surface area contributed by atoms with E-state index in [1.807, 2.05) is 25.1 Å². The van der Waals surface area contributed by atoms with E-state index in [0.29, 0.717) is 19.6 Å². The molecule has 1 N–H and O–H groups in total. The normalized spacial score (nSPS) is 18.5. The van der Waals surface area contributed by atoms with E-state index >= 15 is 0 Å². The molecule has 1 aromatic rings. The third kappa shape index (κ3) is 3.33. The number of carboxylic acids is 1. The summed E-state index contributed by atoms with van der Waals surface area (Å²) in [7, 11) is 0. The summed E-state index contributed by atoms with van der Waals surface area (Å²) in [6, 6.07) is 8.12.